The molecule has 3 nitrogen and oxygen atoms in total. The molecule has 2 rings (SSSR count). The second-order valence-corrected chi connectivity index (χ2v) is 7.32. The van der Waals surface area contributed by atoms with E-state index >= 15 is 0 Å². The van der Waals surface area contributed by atoms with Crippen molar-refractivity contribution in [2.75, 3.05) is 26.2 Å². The summed E-state index contributed by atoms with van der Waals surface area (Å²) in [5, 5.41) is 3.66. The van der Waals surface area contributed by atoms with E-state index in [0.29, 0.717) is 12.0 Å². The molecule has 0 aromatic carbocycles. The van der Waals surface area contributed by atoms with Crippen LogP contribution in [-0.4, -0.2) is 42.9 Å². The fourth-order valence-corrected chi connectivity index (χ4v) is 3.09. The van der Waals surface area contributed by atoms with E-state index in [2.05, 4.69) is 44.8 Å². The molecular weight excluding hydrogens is 260 g/mol. The van der Waals surface area contributed by atoms with E-state index in [0.717, 1.165) is 13.2 Å². The molecule has 114 valence electrons. The maximum absolute atomic E-state index is 6.19. The van der Waals surface area contributed by atoms with Crippen molar-refractivity contribution in [3.05, 3.63) is 0 Å². The molecule has 2 saturated heterocycles. The SMILES string of the molecule is CC(C)N1CCC(C2(C)NCC(C)(C)CO2)CC1.Cl. The molecule has 0 radical (unpaired) electrons. The molecule has 2 heterocycles. The number of ether oxygens (including phenoxy) is 1. The van der Waals surface area contributed by atoms with Gasteiger partial charge in [0.2, 0.25) is 0 Å². The lowest BCUT2D eigenvalue weighted by Crippen LogP contribution is -2.61. The molecule has 1 atom stereocenters. The molecule has 4 heteroatoms. The van der Waals surface area contributed by atoms with Crippen LogP contribution in [-0.2, 0) is 4.74 Å². The third-order valence-corrected chi connectivity index (χ3v) is 4.72. The van der Waals surface area contributed by atoms with Gasteiger partial charge in [0.15, 0.2) is 0 Å². The minimum absolute atomic E-state index is 0. The fourth-order valence-electron chi connectivity index (χ4n) is 3.09. The summed E-state index contributed by atoms with van der Waals surface area (Å²) in [5.74, 6) is 0.656. The molecule has 2 fully saturated rings. The van der Waals surface area contributed by atoms with E-state index in [9.17, 15) is 0 Å². The van der Waals surface area contributed by atoms with Crippen molar-refractivity contribution in [3.8, 4) is 0 Å². The molecule has 1 N–H and O–H groups in total. The summed E-state index contributed by atoms with van der Waals surface area (Å²) in [6.07, 6.45) is 2.50. The van der Waals surface area contributed by atoms with Crippen LogP contribution in [0.5, 0.6) is 0 Å². The first-order valence-corrected chi connectivity index (χ1v) is 7.45. The van der Waals surface area contributed by atoms with Gasteiger partial charge in [-0.05, 0) is 46.7 Å². The third kappa shape index (κ3) is 4.07. The number of piperidine rings is 1. The van der Waals surface area contributed by atoms with E-state index in [1.807, 2.05) is 0 Å². The fraction of sp³-hybridized carbons (Fsp3) is 1.00. The Balaban J connectivity index is 0.00000180. The van der Waals surface area contributed by atoms with Gasteiger partial charge < -0.3 is 9.64 Å². The molecule has 19 heavy (non-hydrogen) atoms. The smallest absolute Gasteiger partial charge is 0.119 e. The minimum atomic E-state index is -0.0986. The highest BCUT2D eigenvalue weighted by Gasteiger charge is 2.42. The van der Waals surface area contributed by atoms with Crippen LogP contribution in [0.25, 0.3) is 0 Å². The summed E-state index contributed by atoms with van der Waals surface area (Å²) >= 11 is 0. The van der Waals surface area contributed by atoms with E-state index in [1.165, 1.54) is 25.9 Å². The van der Waals surface area contributed by atoms with Gasteiger partial charge in [0, 0.05) is 23.9 Å². The number of hydrogen-bond donors (Lipinski definition) is 1. The zero-order valence-corrected chi connectivity index (χ0v) is 14.0. The normalized spacial score (nSPS) is 33.2. The highest BCUT2D eigenvalue weighted by atomic mass is 35.5. The Labute approximate surface area is 124 Å². The summed E-state index contributed by atoms with van der Waals surface area (Å²) in [5.41, 5.74) is 0.177. The van der Waals surface area contributed by atoms with Crippen molar-refractivity contribution in [3.63, 3.8) is 0 Å². The van der Waals surface area contributed by atoms with Gasteiger partial charge in [0.05, 0.1) is 6.61 Å². The van der Waals surface area contributed by atoms with Crippen molar-refractivity contribution in [2.24, 2.45) is 11.3 Å². The van der Waals surface area contributed by atoms with Crippen molar-refractivity contribution < 1.29 is 4.74 Å². The molecule has 0 saturated carbocycles. The molecule has 1 unspecified atom stereocenters. The summed E-state index contributed by atoms with van der Waals surface area (Å²) in [7, 11) is 0. The van der Waals surface area contributed by atoms with Crippen LogP contribution in [0.15, 0.2) is 0 Å². The number of likely N-dealkylation sites (tertiary alicyclic amines) is 1. The molecule has 0 aromatic rings. The van der Waals surface area contributed by atoms with Gasteiger partial charge in [-0.25, -0.2) is 0 Å². The van der Waals surface area contributed by atoms with E-state index in [4.69, 9.17) is 4.74 Å². The van der Waals surface area contributed by atoms with Crippen LogP contribution < -0.4 is 5.32 Å². The third-order valence-electron chi connectivity index (χ3n) is 4.72. The Morgan fingerprint density at radius 2 is 1.74 bits per heavy atom. The average Bonchev–Trinajstić information content (AvgIpc) is 2.34. The van der Waals surface area contributed by atoms with Gasteiger partial charge in [0.1, 0.15) is 5.72 Å². The molecule has 2 aliphatic heterocycles. The molecule has 2 aliphatic rings. The van der Waals surface area contributed by atoms with Crippen molar-refractivity contribution in [1.29, 1.82) is 0 Å². The lowest BCUT2D eigenvalue weighted by atomic mass is 9.83. The topological polar surface area (TPSA) is 24.5 Å². The van der Waals surface area contributed by atoms with Gasteiger partial charge in [-0.1, -0.05) is 13.8 Å². The quantitative estimate of drug-likeness (QED) is 0.846. The standard InChI is InChI=1S/C15H30N2O.ClH/c1-12(2)17-8-6-13(7-9-17)15(5)16-10-14(3,4)11-18-15;/h12-13,16H,6-11H2,1-5H3;1H. The Kier molecular flexibility index (Phi) is 5.71. The highest BCUT2D eigenvalue weighted by Crippen LogP contribution is 2.34. The van der Waals surface area contributed by atoms with Crippen LogP contribution in [0.2, 0.25) is 0 Å². The molecule has 0 amide bonds. The monoisotopic (exact) mass is 290 g/mol. The first-order chi connectivity index (χ1) is 8.32. The van der Waals surface area contributed by atoms with E-state index < -0.39 is 0 Å². The predicted octanol–water partition coefficient (Wildman–Crippen LogP) is 2.89. The Hall–Kier alpha value is 0.170. The maximum Gasteiger partial charge on any atom is 0.119 e. The molecule has 0 spiro atoms. The summed E-state index contributed by atoms with van der Waals surface area (Å²) in [4.78, 5) is 2.58. The number of hydrogen-bond acceptors (Lipinski definition) is 3. The maximum atomic E-state index is 6.19. The van der Waals surface area contributed by atoms with Crippen LogP contribution in [0.1, 0.15) is 47.5 Å². The van der Waals surface area contributed by atoms with Crippen LogP contribution in [0.3, 0.4) is 0 Å². The highest BCUT2D eigenvalue weighted by molar-refractivity contribution is 5.85. The van der Waals surface area contributed by atoms with Gasteiger partial charge >= 0.3 is 0 Å². The minimum Gasteiger partial charge on any atom is -0.360 e. The first-order valence-electron chi connectivity index (χ1n) is 7.45. The lowest BCUT2D eigenvalue weighted by molar-refractivity contribution is -0.165. The largest absolute Gasteiger partial charge is 0.360 e. The van der Waals surface area contributed by atoms with Crippen molar-refractivity contribution >= 4 is 12.4 Å². The van der Waals surface area contributed by atoms with Crippen LogP contribution in [0, 0.1) is 11.3 Å². The molecule has 0 aromatic heterocycles. The number of rotatable bonds is 2. The predicted molar refractivity (Wildman–Crippen MR) is 82.8 cm³/mol. The Morgan fingerprint density at radius 3 is 2.16 bits per heavy atom. The molecule has 0 bridgehead atoms. The summed E-state index contributed by atoms with van der Waals surface area (Å²) < 4.78 is 6.19. The van der Waals surface area contributed by atoms with E-state index in [-0.39, 0.29) is 23.5 Å². The zero-order valence-electron chi connectivity index (χ0n) is 13.2. The lowest BCUT2D eigenvalue weighted by Gasteiger charge is -2.49. The zero-order chi connectivity index (χ0) is 13.4. The van der Waals surface area contributed by atoms with E-state index in [1.54, 1.807) is 0 Å². The van der Waals surface area contributed by atoms with Crippen LogP contribution >= 0.6 is 12.4 Å². The Bertz CT molecular complexity index is 276. The molecule has 0 aliphatic carbocycles. The van der Waals surface area contributed by atoms with Crippen molar-refractivity contribution in [2.45, 2.75) is 59.2 Å². The second-order valence-electron chi connectivity index (χ2n) is 7.32. The van der Waals surface area contributed by atoms with Crippen LogP contribution in [0.4, 0.5) is 0 Å². The molecular formula is C15H31ClN2O. The first kappa shape index (κ1) is 17.2. The number of nitrogens with one attached hydrogen (secondary N) is 1. The van der Waals surface area contributed by atoms with Gasteiger partial charge in [0.25, 0.3) is 0 Å². The number of halogens is 1. The summed E-state index contributed by atoms with van der Waals surface area (Å²) in [6, 6.07) is 0.679. The van der Waals surface area contributed by atoms with Crippen molar-refractivity contribution in [1.82, 2.24) is 10.2 Å². The number of nitrogens with zero attached hydrogens (tertiary/aromatic N) is 1. The average molecular weight is 291 g/mol. The summed E-state index contributed by atoms with van der Waals surface area (Å²) in [6.45, 7) is 15.7. The van der Waals surface area contributed by atoms with Gasteiger partial charge in [-0.2, -0.15) is 0 Å². The second kappa shape index (κ2) is 6.30. The van der Waals surface area contributed by atoms with Gasteiger partial charge in [-0.15, -0.1) is 12.4 Å². The van der Waals surface area contributed by atoms with Gasteiger partial charge in [-0.3, -0.25) is 5.32 Å². The Morgan fingerprint density at radius 1 is 1.16 bits per heavy atom.